The van der Waals surface area contributed by atoms with Crippen molar-refractivity contribution in [1.29, 1.82) is 0 Å². The minimum absolute atomic E-state index is 0.430. The van der Waals surface area contributed by atoms with Crippen LogP contribution in [-0.2, 0) is 9.47 Å². The molecule has 5 heteroatoms. The number of methoxy groups -OCH3 is 1. The molecule has 0 unspecified atom stereocenters. The summed E-state index contributed by atoms with van der Waals surface area (Å²) in [7, 11) is 1.56. The fourth-order valence-electron chi connectivity index (χ4n) is 1.34. The molecule has 0 atom stereocenters. The minimum Gasteiger partial charge on any atom is -0.495 e. The molecule has 76 valence electrons. The van der Waals surface area contributed by atoms with Crippen molar-refractivity contribution in [3.8, 4) is 5.75 Å². The van der Waals surface area contributed by atoms with E-state index in [-0.39, 0.29) is 0 Å². The van der Waals surface area contributed by atoms with E-state index in [2.05, 4.69) is 4.98 Å². The first kappa shape index (κ1) is 9.71. The van der Waals surface area contributed by atoms with Crippen LogP contribution >= 0.6 is 11.6 Å². The molecule has 1 aromatic rings. The number of pyridine rings is 1. The maximum absolute atomic E-state index is 5.99. The van der Waals surface area contributed by atoms with Crippen molar-refractivity contribution in [1.82, 2.24) is 4.98 Å². The third-order valence-electron chi connectivity index (χ3n) is 1.98. The molecular formula is C9H10ClNO3. The topological polar surface area (TPSA) is 40.6 Å². The van der Waals surface area contributed by atoms with Gasteiger partial charge in [0, 0.05) is 6.20 Å². The zero-order valence-electron chi connectivity index (χ0n) is 7.70. The minimum atomic E-state index is -0.430. The number of rotatable bonds is 2. The highest BCUT2D eigenvalue weighted by Gasteiger charge is 2.24. The van der Waals surface area contributed by atoms with E-state index in [1.165, 1.54) is 0 Å². The lowest BCUT2D eigenvalue weighted by Crippen LogP contribution is -2.02. The first-order chi connectivity index (χ1) is 6.83. The second-order valence-corrected chi connectivity index (χ2v) is 3.22. The molecule has 1 saturated heterocycles. The fourth-order valence-corrected chi connectivity index (χ4v) is 1.58. The third-order valence-corrected chi connectivity index (χ3v) is 2.28. The van der Waals surface area contributed by atoms with Crippen molar-refractivity contribution in [2.24, 2.45) is 0 Å². The van der Waals surface area contributed by atoms with Gasteiger partial charge in [0.1, 0.15) is 5.75 Å². The van der Waals surface area contributed by atoms with Crippen LogP contribution in [0, 0.1) is 0 Å². The summed E-state index contributed by atoms with van der Waals surface area (Å²) in [5.74, 6) is 0.587. The molecule has 0 radical (unpaired) electrons. The predicted octanol–water partition coefficient (Wildman–Crippen LogP) is 1.79. The van der Waals surface area contributed by atoms with Crippen molar-refractivity contribution in [3.63, 3.8) is 0 Å². The van der Waals surface area contributed by atoms with E-state index >= 15 is 0 Å². The molecule has 14 heavy (non-hydrogen) atoms. The molecule has 1 aliphatic heterocycles. The number of hydrogen-bond donors (Lipinski definition) is 0. The van der Waals surface area contributed by atoms with Gasteiger partial charge in [0.25, 0.3) is 0 Å². The van der Waals surface area contributed by atoms with Crippen LogP contribution < -0.4 is 4.74 Å². The van der Waals surface area contributed by atoms with Gasteiger partial charge in [-0.3, -0.25) is 4.98 Å². The maximum Gasteiger partial charge on any atom is 0.189 e. The average Bonchev–Trinajstić information content (AvgIpc) is 2.70. The van der Waals surface area contributed by atoms with Crippen LogP contribution in [0.2, 0.25) is 5.02 Å². The number of aromatic nitrogens is 1. The normalized spacial score (nSPS) is 17.3. The van der Waals surface area contributed by atoms with Crippen molar-refractivity contribution >= 4 is 11.6 Å². The van der Waals surface area contributed by atoms with Crippen molar-refractivity contribution in [2.45, 2.75) is 6.29 Å². The van der Waals surface area contributed by atoms with Crippen LogP contribution in [0.3, 0.4) is 0 Å². The molecule has 1 aromatic heterocycles. The Bertz CT molecular complexity index is 326. The van der Waals surface area contributed by atoms with Gasteiger partial charge in [0.2, 0.25) is 0 Å². The lowest BCUT2D eigenvalue weighted by atomic mass is 10.2. The van der Waals surface area contributed by atoms with Crippen molar-refractivity contribution in [2.75, 3.05) is 20.3 Å². The number of nitrogens with zero attached hydrogens (tertiary/aromatic N) is 1. The molecular weight excluding hydrogens is 206 g/mol. The number of halogens is 1. The SMILES string of the molecule is COc1cncc(Cl)c1C1OCCO1. The van der Waals surface area contributed by atoms with Gasteiger partial charge in [0.15, 0.2) is 6.29 Å². The summed E-state index contributed by atoms with van der Waals surface area (Å²) in [6.07, 6.45) is 2.71. The molecule has 0 N–H and O–H groups in total. The first-order valence-electron chi connectivity index (χ1n) is 4.23. The van der Waals surface area contributed by atoms with Crippen molar-refractivity contribution in [3.05, 3.63) is 23.0 Å². The highest BCUT2D eigenvalue weighted by atomic mass is 35.5. The lowest BCUT2D eigenvalue weighted by Gasteiger charge is -2.14. The summed E-state index contributed by atoms with van der Waals surface area (Å²) in [4.78, 5) is 3.92. The summed E-state index contributed by atoms with van der Waals surface area (Å²) >= 11 is 5.99. The Labute approximate surface area is 86.7 Å². The zero-order valence-corrected chi connectivity index (χ0v) is 8.45. The molecule has 0 bridgehead atoms. The molecule has 0 amide bonds. The summed E-state index contributed by atoms with van der Waals surface area (Å²) in [5.41, 5.74) is 0.710. The van der Waals surface area contributed by atoms with E-state index < -0.39 is 6.29 Å². The zero-order chi connectivity index (χ0) is 9.97. The Hall–Kier alpha value is -0.840. The van der Waals surface area contributed by atoms with Crippen LogP contribution in [0.25, 0.3) is 0 Å². The standard InChI is InChI=1S/C9H10ClNO3/c1-12-7-5-11-4-6(10)8(7)9-13-2-3-14-9/h4-5,9H,2-3H2,1H3. The van der Waals surface area contributed by atoms with Crippen LogP contribution in [0.1, 0.15) is 11.9 Å². The van der Waals surface area contributed by atoms with E-state index in [9.17, 15) is 0 Å². The highest BCUT2D eigenvalue weighted by molar-refractivity contribution is 6.31. The molecule has 0 spiro atoms. The molecule has 4 nitrogen and oxygen atoms in total. The summed E-state index contributed by atoms with van der Waals surface area (Å²) in [6, 6.07) is 0. The van der Waals surface area contributed by atoms with E-state index in [1.54, 1.807) is 19.5 Å². The summed E-state index contributed by atoms with van der Waals surface area (Å²) in [6.45, 7) is 1.15. The van der Waals surface area contributed by atoms with Gasteiger partial charge in [-0.25, -0.2) is 0 Å². The molecule has 1 aliphatic rings. The van der Waals surface area contributed by atoms with Gasteiger partial charge in [-0.05, 0) is 0 Å². The third kappa shape index (κ3) is 1.68. The first-order valence-corrected chi connectivity index (χ1v) is 4.61. The van der Waals surface area contributed by atoms with Gasteiger partial charge in [0.05, 0.1) is 37.1 Å². The Balaban J connectivity index is 2.37. The maximum atomic E-state index is 5.99. The summed E-state index contributed by atoms with van der Waals surface area (Å²) < 4.78 is 15.8. The Kier molecular flexibility index (Phi) is 2.86. The molecule has 0 saturated carbocycles. The number of ether oxygens (including phenoxy) is 3. The Morgan fingerprint density at radius 2 is 2.14 bits per heavy atom. The van der Waals surface area contributed by atoms with Gasteiger partial charge < -0.3 is 14.2 Å². The molecule has 0 aliphatic carbocycles. The molecule has 2 heterocycles. The van der Waals surface area contributed by atoms with Crippen LogP contribution in [0.5, 0.6) is 5.75 Å². The van der Waals surface area contributed by atoms with Crippen molar-refractivity contribution < 1.29 is 14.2 Å². The second kappa shape index (κ2) is 4.13. The van der Waals surface area contributed by atoms with Gasteiger partial charge in [-0.15, -0.1) is 0 Å². The van der Waals surface area contributed by atoms with Crippen LogP contribution in [-0.4, -0.2) is 25.3 Å². The van der Waals surface area contributed by atoms with Gasteiger partial charge in [-0.2, -0.15) is 0 Å². The summed E-state index contributed by atoms with van der Waals surface area (Å²) in [5, 5.41) is 0.497. The average molecular weight is 216 g/mol. The lowest BCUT2D eigenvalue weighted by molar-refractivity contribution is -0.0454. The van der Waals surface area contributed by atoms with Crippen LogP contribution in [0.15, 0.2) is 12.4 Å². The van der Waals surface area contributed by atoms with Gasteiger partial charge in [-0.1, -0.05) is 11.6 Å². The highest BCUT2D eigenvalue weighted by Crippen LogP contribution is 2.35. The van der Waals surface area contributed by atoms with Gasteiger partial charge >= 0.3 is 0 Å². The van der Waals surface area contributed by atoms with E-state index in [0.717, 1.165) is 0 Å². The van der Waals surface area contributed by atoms with E-state index in [4.69, 9.17) is 25.8 Å². The predicted molar refractivity (Wildman–Crippen MR) is 50.4 cm³/mol. The van der Waals surface area contributed by atoms with Crippen LogP contribution in [0.4, 0.5) is 0 Å². The Morgan fingerprint density at radius 3 is 2.79 bits per heavy atom. The fraction of sp³-hybridized carbons (Fsp3) is 0.444. The monoisotopic (exact) mass is 215 g/mol. The smallest absolute Gasteiger partial charge is 0.189 e. The largest absolute Gasteiger partial charge is 0.495 e. The Morgan fingerprint density at radius 1 is 1.43 bits per heavy atom. The molecule has 0 aromatic carbocycles. The quantitative estimate of drug-likeness (QED) is 0.754. The van der Waals surface area contributed by atoms with E-state index in [1.807, 2.05) is 0 Å². The van der Waals surface area contributed by atoms with E-state index in [0.29, 0.717) is 29.5 Å². The molecule has 1 fully saturated rings. The molecule has 2 rings (SSSR count). The second-order valence-electron chi connectivity index (χ2n) is 2.81. The number of hydrogen-bond acceptors (Lipinski definition) is 4.